The first kappa shape index (κ1) is 12.6. The minimum absolute atomic E-state index is 0.255. The van der Waals surface area contributed by atoms with Crippen LogP contribution < -0.4 is 5.32 Å². The molecule has 2 rings (SSSR count). The Morgan fingerprint density at radius 2 is 2.06 bits per heavy atom. The van der Waals surface area contributed by atoms with Gasteiger partial charge in [-0.3, -0.25) is 0 Å². The van der Waals surface area contributed by atoms with Crippen molar-refractivity contribution in [1.82, 2.24) is 5.32 Å². The van der Waals surface area contributed by atoms with Crippen molar-refractivity contribution in [3.63, 3.8) is 0 Å². The molecule has 2 unspecified atom stereocenters. The van der Waals surface area contributed by atoms with Crippen LogP contribution in [-0.2, 0) is 16.3 Å². The van der Waals surface area contributed by atoms with Crippen LogP contribution in [0.2, 0.25) is 0 Å². The number of benzene rings is 1. The van der Waals surface area contributed by atoms with E-state index in [4.69, 9.17) is 0 Å². The Hall–Kier alpha value is -0.870. The predicted octanol–water partition coefficient (Wildman–Crippen LogP) is 1.25. The van der Waals surface area contributed by atoms with Crippen LogP contribution in [0.25, 0.3) is 0 Å². The highest BCUT2D eigenvalue weighted by Crippen LogP contribution is 2.23. The van der Waals surface area contributed by atoms with E-state index in [0.29, 0.717) is 11.5 Å². The van der Waals surface area contributed by atoms with E-state index in [1.54, 1.807) is 0 Å². The van der Waals surface area contributed by atoms with Crippen molar-refractivity contribution < 1.29 is 8.42 Å². The molecule has 1 N–H and O–H groups in total. The molecule has 0 aromatic heterocycles. The molecule has 0 bridgehead atoms. The van der Waals surface area contributed by atoms with Gasteiger partial charge < -0.3 is 5.32 Å². The molecule has 1 saturated heterocycles. The topological polar surface area (TPSA) is 46.2 Å². The Bertz CT molecular complexity index is 456. The smallest absolute Gasteiger partial charge is 0.150 e. The molecule has 17 heavy (non-hydrogen) atoms. The largest absolute Gasteiger partial charge is 0.316 e. The number of sulfone groups is 1. The number of hydrogen-bond acceptors (Lipinski definition) is 3. The molecule has 1 aromatic rings. The van der Waals surface area contributed by atoms with Gasteiger partial charge in [-0.25, -0.2) is 8.42 Å². The maximum absolute atomic E-state index is 11.5. The summed E-state index contributed by atoms with van der Waals surface area (Å²) in [4.78, 5) is 0. The lowest BCUT2D eigenvalue weighted by atomic mass is 9.93. The third-order valence-corrected chi connectivity index (χ3v) is 5.30. The van der Waals surface area contributed by atoms with Gasteiger partial charge in [-0.1, -0.05) is 30.3 Å². The van der Waals surface area contributed by atoms with E-state index in [1.807, 2.05) is 25.2 Å². The quantitative estimate of drug-likeness (QED) is 0.878. The standard InChI is InChI=1S/C13H19NO2S/c1-14-13(9-11-5-3-2-4-6-11)12-7-8-17(15,16)10-12/h2-6,12-14H,7-10H2,1H3. The van der Waals surface area contributed by atoms with Crippen molar-refractivity contribution in [3.05, 3.63) is 35.9 Å². The molecule has 3 nitrogen and oxygen atoms in total. The average molecular weight is 253 g/mol. The van der Waals surface area contributed by atoms with Gasteiger partial charge in [-0.05, 0) is 31.4 Å². The van der Waals surface area contributed by atoms with Gasteiger partial charge >= 0.3 is 0 Å². The van der Waals surface area contributed by atoms with Crippen molar-refractivity contribution >= 4 is 9.84 Å². The Morgan fingerprint density at radius 3 is 2.59 bits per heavy atom. The van der Waals surface area contributed by atoms with Crippen molar-refractivity contribution in [2.45, 2.75) is 18.9 Å². The summed E-state index contributed by atoms with van der Waals surface area (Å²) in [7, 11) is -0.868. The molecule has 1 fully saturated rings. The van der Waals surface area contributed by atoms with Crippen LogP contribution in [0.15, 0.2) is 30.3 Å². The van der Waals surface area contributed by atoms with Gasteiger partial charge in [0.05, 0.1) is 11.5 Å². The zero-order valence-corrected chi connectivity index (χ0v) is 10.9. The summed E-state index contributed by atoms with van der Waals surface area (Å²) in [6, 6.07) is 10.5. The lowest BCUT2D eigenvalue weighted by Crippen LogP contribution is -2.36. The second kappa shape index (κ2) is 5.19. The molecule has 94 valence electrons. The molecular weight excluding hydrogens is 234 g/mol. The third kappa shape index (κ3) is 3.30. The van der Waals surface area contributed by atoms with Gasteiger partial charge in [0, 0.05) is 6.04 Å². The van der Waals surface area contributed by atoms with Crippen molar-refractivity contribution in [2.75, 3.05) is 18.6 Å². The molecule has 1 aliphatic heterocycles. The first-order valence-corrected chi connectivity index (χ1v) is 7.84. The van der Waals surface area contributed by atoms with Crippen LogP contribution in [0.4, 0.5) is 0 Å². The maximum Gasteiger partial charge on any atom is 0.150 e. The minimum atomic E-state index is -2.78. The van der Waals surface area contributed by atoms with Gasteiger partial charge in [-0.2, -0.15) is 0 Å². The van der Waals surface area contributed by atoms with Crippen molar-refractivity contribution in [2.24, 2.45) is 5.92 Å². The van der Waals surface area contributed by atoms with Crippen LogP contribution in [-0.4, -0.2) is 33.0 Å². The molecule has 0 spiro atoms. The SMILES string of the molecule is CNC(Cc1ccccc1)C1CCS(=O)(=O)C1. The van der Waals surface area contributed by atoms with Gasteiger partial charge in [0.15, 0.2) is 9.84 Å². The van der Waals surface area contributed by atoms with E-state index in [0.717, 1.165) is 12.8 Å². The van der Waals surface area contributed by atoms with Crippen molar-refractivity contribution in [3.8, 4) is 0 Å². The fourth-order valence-electron chi connectivity index (χ4n) is 2.51. The van der Waals surface area contributed by atoms with Crippen LogP contribution in [0, 0.1) is 5.92 Å². The van der Waals surface area contributed by atoms with E-state index in [1.165, 1.54) is 5.56 Å². The van der Waals surface area contributed by atoms with Crippen LogP contribution in [0.1, 0.15) is 12.0 Å². The van der Waals surface area contributed by atoms with Crippen LogP contribution in [0.5, 0.6) is 0 Å². The minimum Gasteiger partial charge on any atom is -0.316 e. The molecular formula is C13H19NO2S. The summed E-state index contributed by atoms with van der Waals surface area (Å²) in [6.07, 6.45) is 1.69. The van der Waals surface area contributed by atoms with E-state index in [-0.39, 0.29) is 12.0 Å². The zero-order valence-electron chi connectivity index (χ0n) is 10.1. The van der Waals surface area contributed by atoms with E-state index in [2.05, 4.69) is 17.4 Å². The number of nitrogens with one attached hydrogen (secondary N) is 1. The fraction of sp³-hybridized carbons (Fsp3) is 0.538. The van der Waals surface area contributed by atoms with E-state index < -0.39 is 9.84 Å². The second-order valence-electron chi connectivity index (χ2n) is 4.75. The summed E-state index contributed by atoms with van der Waals surface area (Å²) < 4.78 is 23.0. The maximum atomic E-state index is 11.5. The van der Waals surface area contributed by atoms with Gasteiger partial charge in [0.25, 0.3) is 0 Å². The molecule has 4 heteroatoms. The lowest BCUT2D eigenvalue weighted by Gasteiger charge is -2.22. The fourth-order valence-corrected chi connectivity index (χ4v) is 4.39. The zero-order chi connectivity index (χ0) is 12.3. The molecule has 0 saturated carbocycles. The highest BCUT2D eigenvalue weighted by Gasteiger charge is 2.32. The second-order valence-corrected chi connectivity index (χ2v) is 6.98. The summed E-state index contributed by atoms with van der Waals surface area (Å²) in [5, 5.41) is 3.27. The molecule has 0 amide bonds. The first-order chi connectivity index (χ1) is 8.11. The Balaban J connectivity index is 2.03. The lowest BCUT2D eigenvalue weighted by molar-refractivity contribution is 0.403. The van der Waals surface area contributed by atoms with E-state index >= 15 is 0 Å². The van der Waals surface area contributed by atoms with Gasteiger partial charge in [0.1, 0.15) is 0 Å². The average Bonchev–Trinajstić information content (AvgIpc) is 2.68. The summed E-state index contributed by atoms with van der Waals surface area (Å²) in [5.41, 5.74) is 1.26. The Morgan fingerprint density at radius 1 is 1.35 bits per heavy atom. The van der Waals surface area contributed by atoms with Crippen LogP contribution in [0.3, 0.4) is 0 Å². The monoisotopic (exact) mass is 253 g/mol. The van der Waals surface area contributed by atoms with Crippen LogP contribution >= 0.6 is 0 Å². The Labute approximate surface area is 103 Å². The molecule has 0 aliphatic carbocycles. The molecule has 0 radical (unpaired) electrons. The molecule has 1 aromatic carbocycles. The van der Waals surface area contributed by atoms with Gasteiger partial charge in [0.2, 0.25) is 0 Å². The highest BCUT2D eigenvalue weighted by atomic mass is 32.2. The number of hydrogen-bond donors (Lipinski definition) is 1. The normalized spacial score (nSPS) is 24.6. The summed E-state index contributed by atoms with van der Waals surface area (Å²) in [6.45, 7) is 0. The van der Waals surface area contributed by atoms with Gasteiger partial charge in [-0.15, -0.1) is 0 Å². The summed E-state index contributed by atoms with van der Waals surface area (Å²) >= 11 is 0. The predicted molar refractivity (Wildman–Crippen MR) is 69.8 cm³/mol. The summed E-state index contributed by atoms with van der Waals surface area (Å²) in [5.74, 6) is 0.945. The highest BCUT2D eigenvalue weighted by molar-refractivity contribution is 7.91. The molecule has 1 aliphatic rings. The molecule has 1 heterocycles. The molecule has 2 atom stereocenters. The third-order valence-electron chi connectivity index (χ3n) is 3.51. The Kier molecular flexibility index (Phi) is 3.84. The number of likely N-dealkylation sites (N-methyl/N-ethyl adjacent to an activating group) is 1. The van der Waals surface area contributed by atoms with Crippen molar-refractivity contribution in [1.29, 1.82) is 0 Å². The first-order valence-electron chi connectivity index (χ1n) is 6.02. The van der Waals surface area contributed by atoms with E-state index in [9.17, 15) is 8.42 Å². The number of rotatable bonds is 4.